The number of hydrogen-bond donors (Lipinski definition) is 0. The van der Waals surface area contributed by atoms with Crippen molar-refractivity contribution in [2.24, 2.45) is 5.92 Å². The SMILES string of the molecule is CCN(CC(C)C)c1nc(Cl)nc(Cl)n1. The highest BCUT2D eigenvalue weighted by Crippen LogP contribution is 2.14. The van der Waals surface area contributed by atoms with Gasteiger partial charge in [0.2, 0.25) is 16.5 Å². The van der Waals surface area contributed by atoms with Gasteiger partial charge in [0.1, 0.15) is 0 Å². The van der Waals surface area contributed by atoms with E-state index in [1.807, 2.05) is 11.8 Å². The van der Waals surface area contributed by atoms with E-state index in [4.69, 9.17) is 23.2 Å². The summed E-state index contributed by atoms with van der Waals surface area (Å²) in [6.45, 7) is 7.98. The van der Waals surface area contributed by atoms with Gasteiger partial charge in [0.25, 0.3) is 0 Å². The van der Waals surface area contributed by atoms with E-state index in [2.05, 4.69) is 28.8 Å². The Labute approximate surface area is 99.6 Å². The molecule has 0 atom stereocenters. The van der Waals surface area contributed by atoms with Crippen LogP contribution in [0, 0.1) is 5.92 Å². The smallest absolute Gasteiger partial charge is 0.230 e. The lowest BCUT2D eigenvalue weighted by Gasteiger charge is -2.22. The van der Waals surface area contributed by atoms with Crippen molar-refractivity contribution in [3.05, 3.63) is 10.6 Å². The minimum Gasteiger partial charge on any atom is -0.341 e. The average molecular weight is 249 g/mol. The second-order valence-corrected chi connectivity index (χ2v) is 4.28. The van der Waals surface area contributed by atoms with Crippen molar-refractivity contribution >= 4 is 29.2 Å². The summed E-state index contributed by atoms with van der Waals surface area (Å²) in [6, 6.07) is 0. The summed E-state index contributed by atoms with van der Waals surface area (Å²) in [7, 11) is 0. The van der Waals surface area contributed by atoms with Crippen molar-refractivity contribution in [1.82, 2.24) is 15.0 Å². The molecule has 0 spiro atoms. The second-order valence-electron chi connectivity index (χ2n) is 3.61. The van der Waals surface area contributed by atoms with Crippen LogP contribution in [0.5, 0.6) is 0 Å². The molecule has 0 aliphatic heterocycles. The predicted octanol–water partition coefficient (Wildman–Crippen LogP) is 2.66. The lowest BCUT2D eigenvalue weighted by atomic mass is 10.2. The third-order valence-electron chi connectivity index (χ3n) is 1.82. The van der Waals surface area contributed by atoms with E-state index in [9.17, 15) is 0 Å². The van der Waals surface area contributed by atoms with Gasteiger partial charge in [-0.05, 0) is 36.0 Å². The molecule has 6 heteroatoms. The van der Waals surface area contributed by atoms with Crippen LogP contribution in [0.3, 0.4) is 0 Å². The van der Waals surface area contributed by atoms with Gasteiger partial charge < -0.3 is 4.90 Å². The molecule has 0 radical (unpaired) electrons. The van der Waals surface area contributed by atoms with Crippen LogP contribution in [-0.4, -0.2) is 28.0 Å². The standard InChI is InChI=1S/C9H14Cl2N4/c1-4-15(5-6(2)3)9-13-7(10)12-8(11)14-9/h6H,4-5H2,1-3H3. The lowest BCUT2D eigenvalue weighted by molar-refractivity contribution is 0.608. The minimum atomic E-state index is 0.132. The normalized spacial score (nSPS) is 10.8. The first-order valence-corrected chi connectivity index (χ1v) is 5.60. The highest BCUT2D eigenvalue weighted by Gasteiger charge is 2.11. The van der Waals surface area contributed by atoms with Crippen molar-refractivity contribution in [3.63, 3.8) is 0 Å². The average Bonchev–Trinajstić information content (AvgIpc) is 2.12. The van der Waals surface area contributed by atoms with Crippen molar-refractivity contribution in [2.75, 3.05) is 18.0 Å². The number of nitrogens with zero attached hydrogens (tertiary/aromatic N) is 4. The predicted molar refractivity (Wildman–Crippen MR) is 62.6 cm³/mol. The molecule has 0 aliphatic carbocycles. The molecular weight excluding hydrogens is 235 g/mol. The van der Waals surface area contributed by atoms with E-state index in [0.717, 1.165) is 13.1 Å². The highest BCUT2D eigenvalue weighted by atomic mass is 35.5. The van der Waals surface area contributed by atoms with E-state index in [1.54, 1.807) is 0 Å². The first-order chi connectivity index (χ1) is 7.02. The quantitative estimate of drug-likeness (QED) is 0.822. The third kappa shape index (κ3) is 3.80. The topological polar surface area (TPSA) is 41.9 Å². The first kappa shape index (κ1) is 12.5. The maximum Gasteiger partial charge on any atom is 0.230 e. The summed E-state index contributed by atoms with van der Waals surface area (Å²) in [4.78, 5) is 13.8. The van der Waals surface area contributed by atoms with Gasteiger partial charge >= 0.3 is 0 Å². The van der Waals surface area contributed by atoms with E-state index in [1.165, 1.54) is 0 Å². The molecule has 1 heterocycles. The maximum absolute atomic E-state index is 5.71. The summed E-state index contributed by atoms with van der Waals surface area (Å²) < 4.78 is 0. The fraction of sp³-hybridized carbons (Fsp3) is 0.667. The number of hydrogen-bond acceptors (Lipinski definition) is 4. The zero-order chi connectivity index (χ0) is 11.4. The second kappa shape index (κ2) is 5.47. The van der Waals surface area contributed by atoms with Crippen molar-refractivity contribution in [2.45, 2.75) is 20.8 Å². The van der Waals surface area contributed by atoms with Crippen LogP contribution in [0.15, 0.2) is 0 Å². The largest absolute Gasteiger partial charge is 0.341 e. The molecule has 0 amide bonds. The van der Waals surface area contributed by atoms with Crippen LogP contribution in [0.1, 0.15) is 20.8 Å². The van der Waals surface area contributed by atoms with E-state index in [-0.39, 0.29) is 10.6 Å². The van der Waals surface area contributed by atoms with Gasteiger partial charge in [0.15, 0.2) is 0 Å². The van der Waals surface area contributed by atoms with E-state index < -0.39 is 0 Å². The van der Waals surface area contributed by atoms with E-state index in [0.29, 0.717) is 11.9 Å². The molecule has 0 unspecified atom stereocenters. The molecule has 0 saturated heterocycles. The molecule has 0 aliphatic rings. The molecule has 84 valence electrons. The molecule has 0 aromatic carbocycles. The Morgan fingerprint density at radius 1 is 1.13 bits per heavy atom. The van der Waals surface area contributed by atoms with Gasteiger partial charge in [-0.25, -0.2) is 0 Å². The Morgan fingerprint density at radius 2 is 1.67 bits per heavy atom. The molecular formula is C9H14Cl2N4. The summed E-state index contributed by atoms with van der Waals surface area (Å²) in [5, 5.41) is 0.263. The minimum absolute atomic E-state index is 0.132. The third-order valence-corrected chi connectivity index (χ3v) is 2.16. The van der Waals surface area contributed by atoms with Gasteiger partial charge in [-0.2, -0.15) is 15.0 Å². The summed E-state index contributed by atoms with van der Waals surface area (Å²) in [5.74, 6) is 1.07. The molecule has 1 aromatic rings. The van der Waals surface area contributed by atoms with Gasteiger partial charge in [0, 0.05) is 13.1 Å². The van der Waals surface area contributed by atoms with Gasteiger partial charge in [-0.15, -0.1) is 0 Å². The molecule has 15 heavy (non-hydrogen) atoms. The number of anilines is 1. The van der Waals surface area contributed by atoms with E-state index >= 15 is 0 Å². The van der Waals surface area contributed by atoms with Crippen molar-refractivity contribution in [3.8, 4) is 0 Å². The molecule has 0 bridgehead atoms. The number of rotatable bonds is 4. The van der Waals surface area contributed by atoms with Gasteiger partial charge in [0.05, 0.1) is 0 Å². The fourth-order valence-corrected chi connectivity index (χ4v) is 1.61. The monoisotopic (exact) mass is 248 g/mol. The molecule has 0 fully saturated rings. The van der Waals surface area contributed by atoms with Crippen LogP contribution >= 0.6 is 23.2 Å². The molecule has 1 aromatic heterocycles. The number of halogens is 2. The number of aromatic nitrogens is 3. The molecule has 0 saturated carbocycles. The zero-order valence-electron chi connectivity index (χ0n) is 9.04. The molecule has 1 rings (SSSR count). The summed E-state index contributed by atoms with van der Waals surface area (Å²) in [5.41, 5.74) is 0. The Balaban J connectivity index is 2.91. The first-order valence-electron chi connectivity index (χ1n) is 4.85. The van der Waals surface area contributed by atoms with Crippen molar-refractivity contribution in [1.29, 1.82) is 0 Å². The lowest BCUT2D eigenvalue weighted by Crippen LogP contribution is -2.29. The van der Waals surface area contributed by atoms with Crippen LogP contribution in [-0.2, 0) is 0 Å². The van der Waals surface area contributed by atoms with Crippen LogP contribution < -0.4 is 4.90 Å². The van der Waals surface area contributed by atoms with Crippen LogP contribution in [0.2, 0.25) is 10.6 Å². The van der Waals surface area contributed by atoms with Crippen LogP contribution in [0.25, 0.3) is 0 Å². The van der Waals surface area contributed by atoms with Gasteiger partial charge in [-0.3, -0.25) is 0 Å². The molecule has 0 N–H and O–H groups in total. The zero-order valence-corrected chi connectivity index (χ0v) is 10.5. The Hall–Kier alpha value is -0.610. The molecule has 4 nitrogen and oxygen atoms in total. The Bertz CT molecular complexity index is 310. The maximum atomic E-state index is 5.71. The Morgan fingerprint density at radius 3 is 2.07 bits per heavy atom. The highest BCUT2D eigenvalue weighted by molar-refractivity contribution is 6.31. The summed E-state index contributed by atoms with van der Waals surface area (Å²) >= 11 is 11.4. The van der Waals surface area contributed by atoms with Gasteiger partial charge in [-0.1, -0.05) is 13.8 Å². The van der Waals surface area contributed by atoms with Crippen LogP contribution in [0.4, 0.5) is 5.95 Å². The fourth-order valence-electron chi connectivity index (χ4n) is 1.25. The van der Waals surface area contributed by atoms with Crippen molar-refractivity contribution < 1.29 is 0 Å². The summed E-state index contributed by atoms with van der Waals surface area (Å²) in [6.07, 6.45) is 0. The Kier molecular flexibility index (Phi) is 4.54.